The number of rotatable bonds is 0. The third-order valence-corrected chi connectivity index (χ3v) is 1.46. The van der Waals surface area contributed by atoms with Crippen LogP contribution in [-0.4, -0.2) is 4.57 Å². The van der Waals surface area contributed by atoms with E-state index in [4.69, 9.17) is 0 Å². The number of allylic oxidation sites excluding steroid dienone is 1. The van der Waals surface area contributed by atoms with E-state index in [1.54, 1.807) is 0 Å². The minimum Gasteiger partial charge on any atom is -0.328 e. The zero-order chi connectivity index (χ0) is 7.40. The molecule has 0 saturated heterocycles. The van der Waals surface area contributed by atoms with E-state index in [-0.39, 0.29) is 0 Å². The SMILES string of the molecule is C1=Cn2cccc2C1.CC. The highest BCUT2D eigenvalue weighted by molar-refractivity contribution is 5.36. The minimum atomic E-state index is 1.10. The van der Waals surface area contributed by atoms with Crippen LogP contribution in [0.15, 0.2) is 24.4 Å². The van der Waals surface area contributed by atoms with E-state index in [0.29, 0.717) is 0 Å². The van der Waals surface area contributed by atoms with E-state index in [1.165, 1.54) is 5.69 Å². The summed E-state index contributed by atoms with van der Waals surface area (Å²) in [5.74, 6) is 0. The highest BCUT2D eigenvalue weighted by Gasteiger charge is 1.99. The maximum atomic E-state index is 2.16. The summed E-state index contributed by atoms with van der Waals surface area (Å²) in [6.45, 7) is 4.00. The van der Waals surface area contributed by atoms with Gasteiger partial charge < -0.3 is 4.57 Å². The fourth-order valence-corrected chi connectivity index (χ4v) is 1.03. The lowest BCUT2D eigenvalue weighted by Crippen LogP contribution is -1.81. The van der Waals surface area contributed by atoms with Gasteiger partial charge in [-0.3, -0.25) is 0 Å². The van der Waals surface area contributed by atoms with Crippen molar-refractivity contribution >= 4 is 6.20 Å². The molecule has 0 aliphatic carbocycles. The van der Waals surface area contributed by atoms with Crippen molar-refractivity contribution in [2.45, 2.75) is 20.3 Å². The summed E-state index contributed by atoms with van der Waals surface area (Å²) in [5.41, 5.74) is 1.39. The molecule has 0 saturated carbocycles. The van der Waals surface area contributed by atoms with Crippen molar-refractivity contribution in [2.24, 2.45) is 0 Å². The minimum absolute atomic E-state index is 1.10. The standard InChI is InChI=1S/C7H7N.C2H6/c1-3-7-4-2-6-8(7)5-1;1-2/h1-3,5-6H,4H2;1-2H3. The predicted molar refractivity (Wildman–Crippen MR) is 44.8 cm³/mol. The van der Waals surface area contributed by atoms with Crippen molar-refractivity contribution in [3.8, 4) is 0 Å². The highest BCUT2D eigenvalue weighted by Crippen LogP contribution is 2.10. The van der Waals surface area contributed by atoms with Crippen LogP contribution in [0.25, 0.3) is 6.20 Å². The van der Waals surface area contributed by atoms with E-state index in [1.807, 2.05) is 13.8 Å². The van der Waals surface area contributed by atoms with Gasteiger partial charge in [0.05, 0.1) is 0 Å². The number of aromatic nitrogens is 1. The van der Waals surface area contributed by atoms with Crippen LogP contribution < -0.4 is 0 Å². The lowest BCUT2D eigenvalue weighted by atomic mass is 10.3. The molecule has 0 radical (unpaired) electrons. The second-order valence-corrected chi connectivity index (χ2v) is 2.00. The smallest absolute Gasteiger partial charge is 0.0259 e. The topological polar surface area (TPSA) is 4.93 Å². The molecule has 0 amide bonds. The Morgan fingerprint density at radius 1 is 1.40 bits per heavy atom. The average Bonchev–Trinajstić information content (AvgIpc) is 2.49. The van der Waals surface area contributed by atoms with Gasteiger partial charge in [-0.15, -0.1) is 0 Å². The molecule has 1 aromatic rings. The Labute approximate surface area is 62.0 Å². The van der Waals surface area contributed by atoms with Crippen LogP contribution in [0.3, 0.4) is 0 Å². The number of fused-ring (bicyclic) bond motifs is 1. The normalized spacial score (nSPS) is 12.2. The predicted octanol–water partition coefficient (Wildman–Crippen LogP) is 2.54. The Morgan fingerprint density at radius 3 is 2.90 bits per heavy atom. The van der Waals surface area contributed by atoms with Crippen molar-refractivity contribution in [1.29, 1.82) is 0 Å². The molecule has 0 fully saturated rings. The molecule has 0 aromatic carbocycles. The van der Waals surface area contributed by atoms with Crippen LogP contribution in [0.4, 0.5) is 0 Å². The van der Waals surface area contributed by atoms with Gasteiger partial charge in [0.1, 0.15) is 0 Å². The summed E-state index contributed by atoms with van der Waals surface area (Å²) in [4.78, 5) is 0. The second-order valence-electron chi connectivity index (χ2n) is 2.00. The Hall–Kier alpha value is -0.980. The van der Waals surface area contributed by atoms with Gasteiger partial charge in [-0.1, -0.05) is 19.9 Å². The summed E-state index contributed by atoms with van der Waals surface area (Å²) in [7, 11) is 0. The third kappa shape index (κ3) is 1.13. The first kappa shape index (κ1) is 7.13. The first-order chi connectivity index (χ1) is 4.97. The zero-order valence-corrected chi connectivity index (χ0v) is 6.54. The van der Waals surface area contributed by atoms with Crippen molar-refractivity contribution in [2.75, 3.05) is 0 Å². The van der Waals surface area contributed by atoms with E-state index in [9.17, 15) is 0 Å². The van der Waals surface area contributed by atoms with Gasteiger partial charge >= 0.3 is 0 Å². The Morgan fingerprint density at radius 2 is 2.20 bits per heavy atom. The molecule has 0 spiro atoms. The summed E-state index contributed by atoms with van der Waals surface area (Å²) >= 11 is 0. The van der Waals surface area contributed by atoms with Crippen LogP contribution in [0.2, 0.25) is 0 Å². The molecule has 2 rings (SSSR count). The molecule has 0 atom stereocenters. The quantitative estimate of drug-likeness (QED) is 0.515. The molecule has 1 aliphatic heterocycles. The van der Waals surface area contributed by atoms with Gasteiger partial charge in [-0.05, 0) is 12.1 Å². The molecule has 0 N–H and O–H groups in total. The Kier molecular flexibility index (Phi) is 2.32. The zero-order valence-electron chi connectivity index (χ0n) is 6.54. The largest absolute Gasteiger partial charge is 0.328 e. The molecule has 0 bridgehead atoms. The lowest BCUT2D eigenvalue weighted by molar-refractivity contribution is 1.09. The van der Waals surface area contributed by atoms with Crippen molar-refractivity contribution in [3.05, 3.63) is 30.1 Å². The monoisotopic (exact) mass is 135 g/mol. The highest BCUT2D eigenvalue weighted by atomic mass is 15.0. The average molecular weight is 135 g/mol. The maximum absolute atomic E-state index is 2.16. The summed E-state index contributed by atoms with van der Waals surface area (Å²) in [6, 6.07) is 4.21. The molecule has 1 heteroatoms. The van der Waals surface area contributed by atoms with Gasteiger partial charge in [0.25, 0.3) is 0 Å². The first-order valence-electron chi connectivity index (χ1n) is 3.79. The number of hydrogen-bond donors (Lipinski definition) is 0. The van der Waals surface area contributed by atoms with Crippen LogP contribution in [0.1, 0.15) is 19.5 Å². The molecular weight excluding hydrogens is 122 g/mol. The van der Waals surface area contributed by atoms with Crippen LogP contribution in [0.5, 0.6) is 0 Å². The van der Waals surface area contributed by atoms with E-state index < -0.39 is 0 Å². The van der Waals surface area contributed by atoms with Crippen molar-refractivity contribution in [3.63, 3.8) is 0 Å². The summed E-state index contributed by atoms with van der Waals surface area (Å²) in [6.07, 6.45) is 7.43. The second kappa shape index (κ2) is 3.25. The molecule has 54 valence electrons. The summed E-state index contributed by atoms with van der Waals surface area (Å²) in [5, 5.41) is 0. The summed E-state index contributed by atoms with van der Waals surface area (Å²) < 4.78 is 2.14. The van der Waals surface area contributed by atoms with E-state index >= 15 is 0 Å². The first-order valence-corrected chi connectivity index (χ1v) is 3.79. The van der Waals surface area contributed by atoms with Gasteiger partial charge in [0.2, 0.25) is 0 Å². The fourth-order valence-electron chi connectivity index (χ4n) is 1.03. The molecule has 1 aliphatic rings. The van der Waals surface area contributed by atoms with Gasteiger partial charge in [-0.2, -0.15) is 0 Å². The maximum Gasteiger partial charge on any atom is 0.0259 e. The molecular formula is C9H13N. The van der Waals surface area contributed by atoms with Crippen LogP contribution in [-0.2, 0) is 6.42 Å². The van der Waals surface area contributed by atoms with Crippen molar-refractivity contribution in [1.82, 2.24) is 4.57 Å². The Balaban J connectivity index is 0.000000231. The number of nitrogens with zero attached hydrogens (tertiary/aromatic N) is 1. The van der Waals surface area contributed by atoms with Crippen molar-refractivity contribution < 1.29 is 0 Å². The Bertz CT molecular complexity index is 220. The molecule has 0 unspecified atom stereocenters. The molecule has 2 heterocycles. The van der Waals surface area contributed by atoms with Crippen LogP contribution in [0, 0.1) is 0 Å². The van der Waals surface area contributed by atoms with E-state index in [0.717, 1.165) is 6.42 Å². The van der Waals surface area contributed by atoms with Crippen LogP contribution >= 0.6 is 0 Å². The molecule has 10 heavy (non-hydrogen) atoms. The van der Waals surface area contributed by atoms with Gasteiger partial charge in [0.15, 0.2) is 0 Å². The fraction of sp³-hybridized carbons (Fsp3) is 0.333. The lowest BCUT2D eigenvalue weighted by Gasteiger charge is -1.88. The third-order valence-electron chi connectivity index (χ3n) is 1.46. The van der Waals surface area contributed by atoms with Gasteiger partial charge in [0, 0.05) is 24.5 Å². The van der Waals surface area contributed by atoms with E-state index in [2.05, 4.69) is 35.2 Å². The van der Waals surface area contributed by atoms with Gasteiger partial charge in [-0.25, -0.2) is 0 Å². The molecule has 1 aromatic heterocycles. The number of hydrogen-bond acceptors (Lipinski definition) is 0. The molecule has 1 nitrogen and oxygen atoms in total.